The van der Waals surface area contributed by atoms with Crippen LogP contribution >= 0.6 is 0 Å². The summed E-state index contributed by atoms with van der Waals surface area (Å²) >= 11 is 0. The van der Waals surface area contributed by atoms with Crippen molar-refractivity contribution < 1.29 is 39.4 Å². The minimum absolute atomic E-state index is 0.00284. The fourth-order valence-corrected chi connectivity index (χ4v) is 13.2. The second-order valence-corrected chi connectivity index (χ2v) is 32.1. The fraction of sp³-hybridized carbons (Fsp3) is 0.400. The van der Waals surface area contributed by atoms with Crippen LogP contribution < -0.4 is 18.9 Å². The maximum Gasteiger partial charge on any atom is 0.126 e. The highest BCUT2D eigenvalue weighted by molar-refractivity contribution is 5.57. The van der Waals surface area contributed by atoms with Crippen LogP contribution in [0.5, 0.6) is 23.0 Å². The summed E-state index contributed by atoms with van der Waals surface area (Å²) in [7, 11) is 0. The van der Waals surface area contributed by atoms with E-state index in [4.69, 9.17) is 18.9 Å². The molecule has 0 fully saturated rings. The first-order chi connectivity index (χ1) is 46.4. The summed E-state index contributed by atoms with van der Waals surface area (Å²) in [5.74, 6) is 3.07. The lowest BCUT2D eigenvalue weighted by atomic mass is 9.75. The number of hydrogen-bond acceptors (Lipinski definition) is 8. The van der Waals surface area contributed by atoms with Crippen molar-refractivity contribution in [3.8, 4) is 23.0 Å². The standard InChI is InChI=1S/C90H110O8/c1-85(2,3)73-28-20-61(21-29-73)49-67-55-77(36-38-81(67)95-44-40-91)89(13,14)79-57-69(51-63-24-32-75(33-25-63)87(7,8)9)83(97-46-42-93)71(59-79)53-65-18-17-19-66(48-65)54-72-60-80(58-70(84(72)98-47-43-94)52-64-26-34-76(35-27-64)88(10,11)12)90(15,16)78-37-39-82(96-45-41-92)68(56-78)50-62-22-30-74(31-23-62)86(4,5)6/h17-39,48,55-60,91-94H,40-47,49-54H2,1-16H3. The Balaban J connectivity index is 1.15. The number of ether oxygens (including phenoxy) is 4. The average Bonchev–Trinajstić information content (AvgIpc) is 0.771. The maximum atomic E-state index is 10.5. The van der Waals surface area contributed by atoms with Crippen LogP contribution in [-0.4, -0.2) is 73.3 Å². The van der Waals surface area contributed by atoms with Crippen molar-refractivity contribution in [2.75, 3.05) is 52.9 Å². The van der Waals surface area contributed by atoms with Crippen molar-refractivity contribution >= 4 is 0 Å². The van der Waals surface area contributed by atoms with Crippen LogP contribution in [0.3, 0.4) is 0 Å². The van der Waals surface area contributed by atoms with Gasteiger partial charge in [0, 0.05) is 49.4 Å². The Hall–Kier alpha value is -7.98. The third-order valence-electron chi connectivity index (χ3n) is 19.5. The molecule has 9 rings (SSSR count). The van der Waals surface area contributed by atoms with Gasteiger partial charge >= 0.3 is 0 Å². The molecule has 0 aliphatic carbocycles. The molecule has 8 nitrogen and oxygen atoms in total. The van der Waals surface area contributed by atoms with Crippen LogP contribution in [-0.2, 0) is 71.0 Å². The predicted octanol–water partition coefficient (Wildman–Crippen LogP) is 18.6. The zero-order valence-electron chi connectivity index (χ0n) is 61.6. The molecule has 0 spiro atoms. The molecule has 0 unspecified atom stereocenters. The van der Waals surface area contributed by atoms with Gasteiger partial charge < -0.3 is 39.4 Å². The molecule has 0 saturated heterocycles. The number of hydrogen-bond donors (Lipinski definition) is 4. The van der Waals surface area contributed by atoms with Crippen molar-refractivity contribution in [3.05, 3.63) is 293 Å². The van der Waals surface area contributed by atoms with Crippen molar-refractivity contribution in [2.24, 2.45) is 0 Å². The van der Waals surface area contributed by atoms with Crippen LogP contribution in [0.4, 0.5) is 0 Å². The van der Waals surface area contributed by atoms with E-state index in [1.807, 2.05) is 0 Å². The Labute approximate surface area is 587 Å². The number of aliphatic hydroxyl groups excluding tert-OH is 4. The van der Waals surface area contributed by atoms with E-state index in [-0.39, 0.29) is 74.5 Å². The molecule has 0 saturated carbocycles. The van der Waals surface area contributed by atoms with Crippen LogP contribution in [0.15, 0.2) is 182 Å². The third kappa shape index (κ3) is 18.9. The third-order valence-corrected chi connectivity index (χ3v) is 19.5. The molecule has 0 amide bonds. The topological polar surface area (TPSA) is 118 Å². The highest BCUT2D eigenvalue weighted by Gasteiger charge is 2.31. The fourth-order valence-electron chi connectivity index (χ4n) is 13.2. The van der Waals surface area contributed by atoms with Gasteiger partial charge in [-0.2, -0.15) is 0 Å². The normalized spacial score (nSPS) is 12.4. The van der Waals surface area contributed by atoms with E-state index < -0.39 is 10.8 Å². The van der Waals surface area contributed by atoms with Crippen molar-refractivity contribution in [2.45, 2.75) is 182 Å². The van der Waals surface area contributed by atoms with Gasteiger partial charge in [0.05, 0.1) is 26.4 Å². The van der Waals surface area contributed by atoms with E-state index in [2.05, 4.69) is 293 Å². The summed E-state index contributed by atoms with van der Waals surface area (Å²) in [5, 5.41) is 40.8. The molecule has 8 heteroatoms. The molecule has 0 aliphatic heterocycles. The first-order valence-corrected chi connectivity index (χ1v) is 35.4. The monoisotopic (exact) mass is 1320 g/mol. The molecule has 0 aliphatic rings. The van der Waals surface area contributed by atoms with Crippen LogP contribution in [0.2, 0.25) is 0 Å². The van der Waals surface area contributed by atoms with E-state index in [1.165, 1.54) is 33.4 Å². The Morgan fingerprint density at radius 2 is 0.469 bits per heavy atom. The zero-order valence-corrected chi connectivity index (χ0v) is 61.6. The molecular formula is C90H110O8. The number of aliphatic hydroxyl groups is 4. The van der Waals surface area contributed by atoms with E-state index in [1.54, 1.807) is 0 Å². The molecule has 98 heavy (non-hydrogen) atoms. The molecule has 9 aromatic rings. The molecule has 0 aromatic heterocycles. The lowest BCUT2D eigenvalue weighted by Crippen LogP contribution is -2.21. The zero-order chi connectivity index (χ0) is 70.8. The summed E-state index contributed by atoms with van der Waals surface area (Å²) in [5.41, 5.74) is 21.8. The lowest BCUT2D eigenvalue weighted by Gasteiger charge is -2.30. The predicted molar refractivity (Wildman–Crippen MR) is 404 cm³/mol. The minimum Gasteiger partial charge on any atom is -0.491 e. The largest absolute Gasteiger partial charge is 0.491 e. The number of rotatable bonds is 28. The van der Waals surface area contributed by atoms with Crippen LogP contribution in [0.1, 0.15) is 222 Å². The van der Waals surface area contributed by atoms with Crippen molar-refractivity contribution in [1.29, 1.82) is 0 Å². The minimum atomic E-state index is -0.511. The summed E-state index contributed by atoms with van der Waals surface area (Å²) in [6.45, 7) is 36.3. The van der Waals surface area contributed by atoms with Gasteiger partial charge in [0.1, 0.15) is 49.4 Å². The maximum absolute atomic E-state index is 10.5. The van der Waals surface area contributed by atoms with Crippen LogP contribution in [0, 0.1) is 0 Å². The molecule has 4 N–H and O–H groups in total. The van der Waals surface area contributed by atoms with E-state index in [9.17, 15) is 20.4 Å². The lowest BCUT2D eigenvalue weighted by molar-refractivity contribution is 0.199. The van der Waals surface area contributed by atoms with Gasteiger partial charge in [0.25, 0.3) is 0 Å². The van der Waals surface area contributed by atoms with E-state index in [0.717, 1.165) is 101 Å². The Bertz CT molecular complexity index is 3820. The van der Waals surface area contributed by atoms with E-state index >= 15 is 0 Å². The summed E-state index contributed by atoms with van der Waals surface area (Å²) in [4.78, 5) is 0. The van der Waals surface area contributed by atoms with E-state index in [0.29, 0.717) is 38.5 Å². The first-order valence-electron chi connectivity index (χ1n) is 35.4. The van der Waals surface area contributed by atoms with Gasteiger partial charge in [-0.05, 0) is 145 Å². The van der Waals surface area contributed by atoms with Gasteiger partial charge in [0.15, 0.2) is 0 Å². The first kappa shape index (κ1) is 74.2. The molecule has 0 bridgehead atoms. The molecule has 0 heterocycles. The average molecular weight is 1320 g/mol. The Morgan fingerprint density at radius 3 is 0.735 bits per heavy atom. The number of benzene rings is 9. The molecule has 9 aromatic carbocycles. The van der Waals surface area contributed by atoms with Gasteiger partial charge in [-0.15, -0.1) is 0 Å². The van der Waals surface area contributed by atoms with Crippen LogP contribution in [0.25, 0.3) is 0 Å². The van der Waals surface area contributed by atoms with Gasteiger partial charge in [0.2, 0.25) is 0 Å². The summed E-state index contributed by atoms with van der Waals surface area (Å²) in [6.07, 6.45) is 3.66. The molecular weight excluding hydrogens is 1210 g/mol. The molecule has 0 radical (unpaired) electrons. The van der Waals surface area contributed by atoms with Gasteiger partial charge in [-0.25, -0.2) is 0 Å². The SMILES string of the molecule is CC(C)(C)c1ccc(Cc2cc(C(C)(C)c3cc(Cc4ccc(C(C)(C)C)cc4)c(OCCO)c(Cc4cccc(Cc5cc(C(C)(C)c6ccc(OCCO)c(Cc7ccc(C(C)(C)C)cc7)c6)cc(Cc6ccc(C(C)(C)C)cc6)c5OCCO)c4)c3)ccc2OCCO)cc1. The molecule has 0 atom stereocenters. The van der Waals surface area contributed by atoms with Crippen molar-refractivity contribution in [1.82, 2.24) is 0 Å². The summed E-state index contributed by atoms with van der Waals surface area (Å²) in [6, 6.07) is 66.9. The molecule has 518 valence electrons. The Morgan fingerprint density at radius 1 is 0.235 bits per heavy atom. The van der Waals surface area contributed by atoms with Crippen molar-refractivity contribution in [3.63, 3.8) is 0 Å². The highest BCUT2D eigenvalue weighted by atomic mass is 16.5. The second-order valence-electron chi connectivity index (χ2n) is 32.1. The van der Waals surface area contributed by atoms with Gasteiger partial charge in [-0.1, -0.05) is 281 Å². The van der Waals surface area contributed by atoms with Gasteiger partial charge in [-0.3, -0.25) is 0 Å². The second kappa shape index (κ2) is 31.5. The summed E-state index contributed by atoms with van der Waals surface area (Å²) < 4.78 is 26.0. The highest BCUT2D eigenvalue weighted by Crippen LogP contribution is 2.43. The Kier molecular flexibility index (Phi) is 23.8. The smallest absolute Gasteiger partial charge is 0.126 e. The quantitative estimate of drug-likeness (QED) is 0.0383.